The van der Waals surface area contributed by atoms with Crippen molar-refractivity contribution in [1.82, 2.24) is 4.72 Å². The van der Waals surface area contributed by atoms with E-state index in [-0.39, 0.29) is 18.0 Å². The molecule has 1 rings (SSSR count). The summed E-state index contributed by atoms with van der Waals surface area (Å²) in [6.07, 6.45) is -4.46. The molecule has 3 N–H and O–H groups in total. The van der Waals surface area contributed by atoms with Gasteiger partial charge in [0, 0.05) is 13.0 Å². The van der Waals surface area contributed by atoms with Gasteiger partial charge in [-0.25, -0.2) is 13.1 Å². The molecule has 4 nitrogen and oxygen atoms in total. The average Bonchev–Trinajstić information content (AvgIpc) is 2.27. The van der Waals surface area contributed by atoms with Crippen LogP contribution in [-0.2, 0) is 16.2 Å². The summed E-state index contributed by atoms with van der Waals surface area (Å²) in [6.45, 7) is -0.0616. The van der Waals surface area contributed by atoms with E-state index in [9.17, 15) is 21.6 Å². The van der Waals surface area contributed by atoms with Gasteiger partial charge in [0.15, 0.2) is 0 Å². The summed E-state index contributed by atoms with van der Waals surface area (Å²) in [7, 11) is -4.00. The summed E-state index contributed by atoms with van der Waals surface area (Å²) in [5.41, 5.74) is 4.17. The van der Waals surface area contributed by atoms with Crippen molar-refractivity contribution >= 4 is 27.2 Å². The normalized spacial score (nSPS) is 12.4. The van der Waals surface area contributed by atoms with Crippen molar-refractivity contribution in [1.29, 1.82) is 0 Å². The second kappa shape index (κ2) is 5.85. The van der Waals surface area contributed by atoms with Crippen LogP contribution in [0.3, 0.4) is 0 Å². The lowest BCUT2D eigenvalue weighted by atomic mass is 10.2. The molecule has 0 atom stereocenters. The van der Waals surface area contributed by atoms with E-state index in [1.54, 1.807) is 0 Å². The highest BCUT2D eigenvalue weighted by Crippen LogP contribution is 2.30. The van der Waals surface area contributed by atoms with Gasteiger partial charge >= 0.3 is 6.18 Å². The molecule has 0 saturated carbocycles. The molecule has 0 unspecified atom stereocenters. The standard InChI is InChI=1S/C10H11F3N2O2S2/c11-10(12,13)7-2-1-3-8(6-7)19(16,17)15-5-4-9(14)18/h1-3,6,15H,4-5H2,(H2,14,18). The summed E-state index contributed by atoms with van der Waals surface area (Å²) in [5, 5.41) is 0. The van der Waals surface area contributed by atoms with Gasteiger partial charge in [0.1, 0.15) is 0 Å². The lowest BCUT2D eigenvalue weighted by Gasteiger charge is -2.10. The van der Waals surface area contributed by atoms with E-state index >= 15 is 0 Å². The predicted molar refractivity (Wildman–Crippen MR) is 68.0 cm³/mol. The Morgan fingerprint density at radius 2 is 2.00 bits per heavy atom. The molecular weight excluding hydrogens is 301 g/mol. The van der Waals surface area contributed by atoms with Crippen LogP contribution < -0.4 is 10.5 Å². The number of nitrogens with one attached hydrogen (secondary N) is 1. The molecule has 19 heavy (non-hydrogen) atoms. The van der Waals surface area contributed by atoms with Crippen LogP contribution in [0.4, 0.5) is 13.2 Å². The van der Waals surface area contributed by atoms with Gasteiger partial charge in [0.2, 0.25) is 10.0 Å². The maximum atomic E-state index is 12.5. The molecule has 0 aliphatic carbocycles. The number of hydrogen-bond donors (Lipinski definition) is 2. The molecule has 0 heterocycles. The molecule has 0 aliphatic heterocycles. The van der Waals surface area contributed by atoms with Crippen molar-refractivity contribution < 1.29 is 21.6 Å². The van der Waals surface area contributed by atoms with E-state index in [0.717, 1.165) is 18.2 Å². The highest BCUT2D eigenvalue weighted by Gasteiger charge is 2.31. The lowest BCUT2D eigenvalue weighted by Crippen LogP contribution is -2.27. The fourth-order valence-electron chi connectivity index (χ4n) is 1.23. The monoisotopic (exact) mass is 312 g/mol. The molecule has 0 bridgehead atoms. The summed E-state index contributed by atoms with van der Waals surface area (Å²) in [4.78, 5) is -0.336. The van der Waals surface area contributed by atoms with Gasteiger partial charge in [-0.05, 0) is 18.2 Å². The second-order valence-electron chi connectivity index (χ2n) is 3.64. The minimum Gasteiger partial charge on any atom is -0.393 e. The summed E-state index contributed by atoms with van der Waals surface area (Å²) in [5.74, 6) is 0. The number of nitrogens with two attached hydrogens (primary N) is 1. The van der Waals surface area contributed by atoms with Crippen LogP contribution in [0, 0.1) is 0 Å². The van der Waals surface area contributed by atoms with Gasteiger partial charge < -0.3 is 5.73 Å². The number of alkyl halides is 3. The number of benzene rings is 1. The average molecular weight is 312 g/mol. The first kappa shape index (κ1) is 15.9. The molecule has 0 radical (unpaired) electrons. The molecule has 0 fully saturated rings. The van der Waals surface area contributed by atoms with Crippen molar-refractivity contribution in [2.75, 3.05) is 6.54 Å². The first-order chi connectivity index (χ1) is 8.63. The molecule has 0 saturated heterocycles. The van der Waals surface area contributed by atoms with Crippen LogP contribution in [-0.4, -0.2) is 20.0 Å². The maximum Gasteiger partial charge on any atom is 0.416 e. The van der Waals surface area contributed by atoms with Gasteiger partial charge in [-0.3, -0.25) is 0 Å². The molecular formula is C10H11F3N2O2S2. The third kappa shape index (κ3) is 4.77. The van der Waals surface area contributed by atoms with Gasteiger partial charge in [0.25, 0.3) is 0 Å². The van der Waals surface area contributed by atoms with Gasteiger partial charge in [-0.15, -0.1) is 0 Å². The first-order valence-electron chi connectivity index (χ1n) is 5.08. The Labute approximate surface area is 113 Å². The fourth-order valence-corrected chi connectivity index (χ4v) is 2.41. The zero-order chi connectivity index (χ0) is 14.7. The van der Waals surface area contributed by atoms with E-state index in [1.807, 2.05) is 0 Å². The minimum absolute atomic E-state index is 0.0616. The fraction of sp³-hybridized carbons (Fsp3) is 0.300. The Balaban J connectivity index is 2.93. The zero-order valence-electron chi connectivity index (χ0n) is 9.57. The van der Waals surface area contributed by atoms with Crippen molar-refractivity contribution in [2.24, 2.45) is 5.73 Å². The molecule has 0 aliphatic rings. The molecule has 0 spiro atoms. The highest BCUT2D eigenvalue weighted by molar-refractivity contribution is 7.89. The third-order valence-electron chi connectivity index (χ3n) is 2.14. The maximum absolute atomic E-state index is 12.5. The second-order valence-corrected chi connectivity index (χ2v) is 5.93. The van der Waals surface area contributed by atoms with E-state index < -0.39 is 26.7 Å². The molecule has 1 aromatic carbocycles. The number of thiocarbonyl (C=S) groups is 1. The SMILES string of the molecule is NC(=S)CCNS(=O)(=O)c1cccc(C(F)(F)F)c1. The first-order valence-corrected chi connectivity index (χ1v) is 6.97. The van der Waals surface area contributed by atoms with Crippen LogP contribution >= 0.6 is 12.2 Å². The van der Waals surface area contributed by atoms with E-state index in [0.29, 0.717) is 6.07 Å². The number of rotatable bonds is 5. The smallest absolute Gasteiger partial charge is 0.393 e. The predicted octanol–water partition coefficient (Wildman–Crippen LogP) is 1.66. The summed E-state index contributed by atoms with van der Waals surface area (Å²) >= 11 is 4.56. The topological polar surface area (TPSA) is 72.2 Å². The number of halogens is 3. The van der Waals surface area contributed by atoms with Crippen LogP contribution in [0.25, 0.3) is 0 Å². The lowest BCUT2D eigenvalue weighted by molar-refractivity contribution is -0.137. The third-order valence-corrected chi connectivity index (χ3v) is 3.80. The summed E-state index contributed by atoms with van der Waals surface area (Å²) in [6, 6.07) is 3.49. The van der Waals surface area contributed by atoms with E-state index in [2.05, 4.69) is 16.9 Å². The largest absolute Gasteiger partial charge is 0.416 e. The van der Waals surface area contributed by atoms with Crippen LogP contribution in [0.1, 0.15) is 12.0 Å². The highest BCUT2D eigenvalue weighted by atomic mass is 32.2. The minimum atomic E-state index is -4.59. The summed E-state index contributed by atoms with van der Waals surface area (Å²) < 4.78 is 63.0. The Morgan fingerprint density at radius 3 is 2.53 bits per heavy atom. The van der Waals surface area contributed by atoms with E-state index in [4.69, 9.17) is 5.73 Å². The Morgan fingerprint density at radius 1 is 1.37 bits per heavy atom. The van der Waals surface area contributed by atoms with Crippen molar-refractivity contribution in [3.05, 3.63) is 29.8 Å². The zero-order valence-corrected chi connectivity index (χ0v) is 11.2. The number of hydrogen-bond acceptors (Lipinski definition) is 3. The van der Waals surface area contributed by atoms with Gasteiger partial charge in [0.05, 0.1) is 15.4 Å². The Kier molecular flexibility index (Phi) is 4.88. The van der Waals surface area contributed by atoms with Crippen molar-refractivity contribution in [2.45, 2.75) is 17.5 Å². The molecule has 0 amide bonds. The Bertz CT molecular complexity index is 570. The van der Waals surface area contributed by atoms with Gasteiger partial charge in [-0.2, -0.15) is 13.2 Å². The van der Waals surface area contributed by atoms with Crippen LogP contribution in [0.15, 0.2) is 29.2 Å². The quantitative estimate of drug-likeness (QED) is 0.811. The van der Waals surface area contributed by atoms with Crippen LogP contribution in [0.5, 0.6) is 0 Å². The van der Waals surface area contributed by atoms with Crippen molar-refractivity contribution in [3.8, 4) is 0 Å². The molecule has 1 aromatic rings. The molecule has 9 heteroatoms. The van der Waals surface area contributed by atoms with Gasteiger partial charge in [-0.1, -0.05) is 18.3 Å². The van der Waals surface area contributed by atoms with Crippen molar-refractivity contribution in [3.63, 3.8) is 0 Å². The molecule has 106 valence electrons. The Hall–Kier alpha value is -1.19. The number of sulfonamides is 1. The molecule has 0 aromatic heterocycles. The van der Waals surface area contributed by atoms with E-state index in [1.165, 1.54) is 0 Å². The van der Waals surface area contributed by atoms with Crippen LogP contribution in [0.2, 0.25) is 0 Å².